The van der Waals surface area contributed by atoms with Crippen molar-refractivity contribution in [2.45, 2.75) is 31.4 Å². The molecular formula is C26H28N2O6. The fourth-order valence-electron chi connectivity index (χ4n) is 5.25. The molecule has 0 spiro atoms. The van der Waals surface area contributed by atoms with Crippen LogP contribution in [-0.4, -0.2) is 66.4 Å². The number of amides is 2. The lowest BCUT2D eigenvalue weighted by Crippen LogP contribution is -2.57. The van der Waals surface area contributed by atoms with Crippen LogP contribution in [0.4, 0.5) is 4.79 Å². The van der Waals surface area contributed by atoms with Crippen LogP contribution in [0, 0.1) is 11.8 Å². The van der Waals surface area contributed by atoms with Crippen LogP contribution >= 0.6 is 0 Å². The number of aliphatic carboxylic acids is 1. The molecule has 0 radical (unpaired) electrons. The number of morpholine rings is 1. The maximum atomic E-state index is 12.9. The minimum Gasteiger partial charge on any atom is -0.480 e. The summed E-state index contributed by atoms with van der Waals surface area (Å²) in [6.07, 6.45) is -0.435. The van der Waals surface area contributed by atoms with E-state index < -0.39 is 24.2 Å². The number of benzene rings is 2. The van der Waals surface area contributed by atoms with Crippen LogP contribution in [0.5, 0.6) is 0 Å². The Labute approximate surface area is 197 Å². The van der Waals surface area contributed by atoms with Gasteiger partial charge in [0, 0.05) is 24.9 Å². The molecule has 1 aliphatic heterocycles. The summed E-state index contributed by atoms with van der Waals surface area (Å²) in [5, 5.41) is 12.3. The number of carbonyl (C=O) groups is 3. The van der Waals surface area contributed by atoms with Crippen molar-refractivity contribution in [3.05, 3.63) is 59.7 Å². The third kappa shape index (κ3) is 4.14. The zero-order valence-electron chi connectivity index (χ0n) is 19.0. The third-order valence-electron chi connectivity index (χ3n) is 7.12. The van der Waals surface area contributed by atoms with Gasteiger partial charge in [0.05, 0.1) is 12.7 Å². The molecule has 2 aromatic rings. The third-order valence-corrected chi connectivity index (χ3v) is 7.12. The van der Waals surface area contributed by atoms with E-state index in [1.807, 2.05) is 24.3 Å². The van der Waals surface area contributed by atoms with E-state index in [2.05, 4.69) is 29.6 Å². The minimum absolute atomic E-state index is 0.00957. The second-order valence-electron chi connectivity index (χ2n) is 9.20. The molecule has 1 saturated carbocycles. The first-order chi connectivity index (χ1) is 16.5. The van der Waals surface area contributed by atoms with Gasteiger partial charge in [0.15, 0.2) is 6.04 Å². The van der Waals surface area contributed by atoms with E-state index >= 15 is 0 Å². The van der Waals surface area contributed by atoms with Gasteiger partial charge < -0.3 is 24.8 Å². The Hall–Kier alpha value is -3.39. The Kier molecular flexibility index (Phi) is 6.00. The number of nitrogens with one attached hydrogen (secondary N) is 1. The predicted octanol–water partition coefficient (Wildman–Crippen LogP) is 2.86. The maximum absolute atomic E-state index is 12.9. The van der Waals surface area contributed by atoms with Gasteiger partial charge in [-0.3, -0.25) is 4.79 Å². The highest BCUT2D eigenvalue weighted by molar-refractivity contribution is 5.87. The van der Waals surface area contributed by atoms with Gasteiger partial charge in [0.25, 0.3) is 0 Å². The summed E-state index contributed by atoms with van der Waals surface area (Å²) >= 11 is 0. The number of hydrogen-bond acceptors (Lipinski definition) is 5. The highest BCUT2D eigenvalue weighted by Gasteiger charge is 2.49. The molecule has 8 heteroatoms. The normalized spacial score (nSPS) is 25.3. The molecule has 8 nitrogen and oxygen atoms in total. The molecule has 1 saturated heterocycles. The van der Waals surface area contributed by atoms with E-state index in [4.69, 9.17) is 9.47 Å². The van der Waals surface area contributed by atoms with Crippen LogP contribution in [0.1, 0.15) is 30.4 Å². The molecule has 2 aromatic carbocycles. The van der Waals surface area contributed by atoms with E-state index in [0.717, 1.165) is 11.1 Å². The maximum Gasteiger partial charge on any atom is 0.407 e. The Morgan fingerprint density at radius 1 is 1.09 bits per heavy atom. The highest BCUT2D eigenvalue weighted by Crippen LogP contribution is 2.44. The van der Waals surface area contributed by atoms with Crippen LogP contribution in [-0.2, 0) is 19.1 Å². The lowest BCUT2D eigenvalue weighted by atomic mass is 9.98. The van der Waals surface area contributed by atoms with E-state index in [1.165, 1.54) is 16.0 Å². The molecule has 0 bridgehead atoms. The molecule has 34 heavy (non-hydrogen) atoms. The topological polar surface area (TPSA) is 105 Å². The van der Waals surface area contributed by atoms with Crippen LogP contribution in [0.3, 0.4) is 0 Å². The fourth-order valence-corrected chi connectivity index (χ4v) is 5.25. The molecule has 3 aliphatic rings. The summed E-state index contributed by atoms with van der Waals surface area (Å²) in [6.45, 7) is 2.82. The van der Waals surface area contributed by atoms with Gasteiger partial charge in [0.1, 0.15) is 6.61 Å². The molecule has 178 valence electrons. The van der Waals surface area contributed by atoms with Crippen LogP contribution in [0.15, 0.2) is 48.5 Å². The van der Waals surface area contributed by atoms with Gasteiger partial charge in [-0.05, 0) is 41.5 Å². The first-order valence-electron chi connectivity index (χ1n) is 11.7. The Morgan fingerprint density at radius 2 is 1.74 bits per heavy atom. The van der Waals surface area contributed by atoms with E-state index in [9.17, 15) is 19.5 Å². The molecular weight excluding hydrogens is 436 g/mol. The van der Waals surface area contributed by atoms with Crippen molar-refractivity contribution in [2.24, 2.45) is 11.8 Å². The molecule has 4 unspecified atom stereocenters. The van der Waals surface area contributed by atoms with Crippen molar-refractivity contribution in [1.29, 1.82) is 0 Å². The summed E-state index contributed by atoms with van der Waals surface area (Å²) in [7, 11) is 0. The van der Waals surface area contributed by atoms with Gasteiger partial charge >= 0.3 is 12.1 Å². The van der Waals surface area contributed by atoms with Crippen LogP contribution < -0.4 is 5.32 Å². The van der Waals surface area contributed by atoms with Gasteiger partial charge in [-0.15, -0.1) is 0 Å². The Balaban J connectivity index is 1.13. The molecule has 2 amide bonds. The lowest BCUT2D eigenvalue weighted by molar-refractivity contribution is -0.165. The Morgan fingerprint density at radius 3 is 2.38 bits per heavy atom. The summed E-state index contributed by atoms with van der Waals surface area (Å²) in [5.41, 5.74) is 4.64. The van der Waals surface area contributed by atoms with E-state index in [0.29, 0.717) is 19.6 Å². The smallest absolute Gasteiger partial charge is 0.407 e. The van der Waals surface area contributed by atoms with Crippen molar-refractivity contribution in [2.75, 3.05) is 26.3 Å². The minimum atomic E-state index is -1.06. The van der Waals surface area contributed by atoms with Gasteiger partial charge in [-0.25, -0.2) is 9.59 Å². The summed E-state index contributed by atoms with van der Waals surface area (Å²) in [4.78, 5) is 38.3. The monoisotopic (exact) mass is 464 g/mol. The molecule has 2 aliphatic carbocycles. The largest absolute Gasteiger partial charge is 0.480 e. The standard InChI is InChI=1S/C26H28N2O6/c1-15-23(25(30)31)28(10-11-33-15)24(29)21-12-16(21)13-27-26(32)34-14-22-19-8-4-2-6-17(19)18-7-3-5-9-20(18)22/h2-9,15-16,21-23H,10-14H2,1H3,(H,27,32)(H,30,31). The number of fused-ring (bicyclic) bond motifs is 3. The van der Waals surface area contributed by atoms with Crippen LogP contribution in [0.2, 0.25) is 0 Å². The number of nitrogens with zero attached hydrogens (tertiary/aromatic N) is 1. The second-order valence-corrected chi connectivity index (χ2v) is 9.20. The first kappa shape index (κ1) is 22.4. The second kappa shape index (κ2) is 9.10. The number of carboxylic acids is 1. The van der Waals surface area contributed by atoms with E-state index in [1.54, 1.807) is 6.92 Å². The quantitative estimate of drug-likeness (QED) is 0.681. The number of rotatable bonds is 6. The fraction of sp³-hybridized carbons (Fsp3) is 0.423. The van der Waals surface area contributed by atoms with Crippen molar-refractivity contribution < 1.29 is 29.0 Å². The lowest BCUT2D eigenvalue weighted by Gasteiger charge is -2.37. The number of ether oxygens (including phenoxy) is 2. The zero-order valence-corrected chi connectivity index (χ0v) is 19.0. The van der Waals surface area contributed by atoms with Crippen LogP contribution in [0.25, 0.3) is 11.1 Å². The average Bonchev–Trinajstić information content (AvgIpc) is 3.55. The number of hydrogen-bond donors (Lipinski definition) is 2. The first-order valence-corrected chi connectivity index (χ1v) is 11.7. The number of carbonyl (C=O) groups excluding carboxylic acids is 2. The number of alkyl carbamates (subject to hydrolysis) is 1. The van der Waals surface area contributed by atoms with Crippen molar-refractivity contribution in [3.8, 4) is 11.1 Å². The summed E-state index contributed by atoms with van der Waals surface area (Å²) < 4.78 is 11.0. The molecule has 2 N–H and O–H groups in total. The van der Waals surface area contributed by atoms with Crippen molar-refractivity contribution >= 4 is 18.0 Å². The van der Waals surface area contributed by atoms with Gasteiger partial charge in [-0.1, -0.05) is 48.5 Å². The average molecular weight is 465 g/mol. The molecule has 2 fully saturated rings. The highest BCUT2D eigenvalue weighted by atomic mass is 16.5. The van der Waals surface area contributed by atoms with E-state index in [-0.39, 0.29) is 36.8 Å². The molecule has 4 atom stereocenters. The SMILES string of the molecule is CC1OCCN(C(=O)C2CC2CNC(=O)OCC2c3ccccc3-c3ccccc32)C1C(=O)O. The molecule has 5 rings (SSSR count). The zero-order chi connectivity index (χ0) is 23.8. The number of carboxylic acid groups (broad SMARTS) is 1. The van der Waals surface area contributed by atoms with Gasteiger partial charge in [-0.2, -0.15) is 0 Å². The summed E-state index contributed by atoms with van der Waals surface area (Å²) in [5.74, 6) is -1.54. The van der Waals surface area contributed by atoms with Gasteiger partial charge in [0.2, 0.25) is 5.91 Å². The molecule has 0 aromatic heterocycles. The molecule has 1 heterocycles. The van der Waals surface area contributed by atoms with Crippen molar-refractivity contribution in [3.63, 3.8) is 0 Å². The predicted molar refractivity (Wildman–Crippen MR) is 123 cm³/mol. The van der Waals surface area contributed by atoms with Crippen molar-refractivity contribution in [1.82, 2.24) is 10.2 Å². The Bertz CT molecular complexity index is 1070. The summed E-state index contributed by atoms with van der Waals surface area (Å²) in [6, 6.07) is 15.3.